The number of hydrogen-bond donors (Lipinski definition) is 1. The number of benzene rings is 3. The number of urea groups is 1. The minimum Gasteiger partial charge on any atom is -0.485 e. The van der Waals surface area contributed by atoms with Gasteiger partial charge >= 0.3 is 6.03 Å². The summed E-state index contributed by atoms with van der Waals surface area (Å²) in [6, 6.07) is 26.3. The highest BCUT2D eigenvalue weighted by Gasteiger charge is 2.18. The van der Waals surface area contributed by atoms with Crippen LogP contribution >= 0.6 is 0 Å². The van der Waals surface area contributed by atoms with E-state index in [2.05, 4.69) is 79.5 Å². The highest BCUT2D eigenvalue weighted by atomic mass is 16.5. The van der Waals surface area contributed by atoms with Gasteiger partial charge in [0.15, 0.2) is 11.5 Å². The van der Waals surface area contributed by atoms with Gasteiger partial charge in [0.2, 0.25) is 0 Å². The molecular weight excluding hydrogens is 606 g/mol. The van der Waals surface area contributed by atoms with Gasteiger partial charge in [0.05, 0.1) is 0 Å². The molecule has 49 heavy (non-hydrogen) atoms. The molecule has 2 amide bonds. The minimum absolute atomic E-state index is 0.0880. The lowest BCUT2D eigenvalue weighted by molar-refractivity contribution is 0.179. The molecule has 1 N–H and O–H groups in total. The Hall–Kier alpha value is -4.29. The van der Waals surface area contributed by atoms with E-state index in [1.165, 1.54) is 18.4 Å². The van der Waals surface area contributed by atoms with E-state index in [4.69, 9.17) is 9.47 Å². The van der Waals surface area contributed by atoms with Crippen LogP contribution in [0.4, 0.5) is 4.79 Å². The van der Waals surface area contributed by atoms with Gasteiger partial charge in [-0.1, -0.05) is 131 Å². The molecule has 0 saturated carbocycles. The molecule has 0 aromatic heterocycles. The van der Waals surface area contributed by atoms with Gasteiger partial charge in [-0.15, -0.1) is 0 Å². The number of carbonyl (C=O) groups excluding carboxylic acids is 1. The lowest BCUT2D eigenvalue weighted by Gasteiger charge is -2.28. The van der Waals surface area contributed by atoms with E-state index < -0.39 is 0 Å². The molecule has 0 bridgehead atoms. The average Bonchev–Trinajstić information content (AvgIpc) is 3.37. The lowest BCUT2D eigenvalue weighted by Crippen LogP contribution is -2.43. The average molecular weight is 664 g/mol. The molecule has 262 valence electrons. The van der Waals surface area contributed by atoms with Gasteiger partial charge in [0.1, 0.15) is 13.2 Å². The maximum absolute atomic E-state index is 14.0. The van der Waals surface area contributed by atoms with Crippen molar-refractivity contribution in [3.8, 4) is 11.5 Å². The second kappa shape index (κ2) is 21.6. The molecule has 0 fully saturated rings. The number of nitrogens with one attached hydrogen (secondary N) is 1. The monoisotopic (exact) mass is 663 g/mol. The topological polar surface area (TPSA) is 54.0 Å². The van der Waals surface area contributed by atoms with E-state index in [1.807, 2.05) is 59.5 Å². The first-order valence-corrected chi connectivity index (χ1v) is 18.4. The van der Waals surface area contributed by atoms with E-state index >= 15 is 0 Å². The van der Waals surface area contributed by atoms with Gasteiger partial charge in [-0.25, -0.2) is 4.79 Å². The first-order valence-electron chi connectivity index (χ1n) is 18.4. The largest absolute Gasteiger partial charge is 0.485 e. The van der Waals surface area contributed by atoms with Crippen LogP contribution in [0.2, 0.25) is 0 Å². The first kappa shape index (κ1) is 37.5. The second-order valence-electron chi connectivity index (χ2n) is 12.8. The van der Waals surface area contributed by atoms with Crippen molar-refractivity contribution in [2.24, 2.45) is 0 Å². The Bertz CT molecular complexity index is 1470. The summed E-state index contributed by atoms with van der Waals surface area (Å²) in [4.78, 5) is 18.4. The Morgan fingerprint density at radius 2 is 1.31 bits per heavy atom. The van der Waals surface area contributed by atoms with E-state index in [0.29, 0.717) is 37.8 Å². The van der Waals surface area contributed by atoms with Crippen LogP contribution in [0.25, 0.3) is 0 Å². The number of carbonyl (C=O) groups is 1. The third-order valence-corrected chi connectivity index (χ3v) is 8.75. The molecule has 0 heterocycles. The van der Waals surface area contributed by atoms with Crippen LogP contribution in [0, 0.1) is 0 Å². The van der Waals surface area contributed by atoms with E-state index in [0.717, 1.165) is 80.5 Å². The van der Waals surface area contributed by atoms with Crippen LogP contribution in [0.5, 0.6) is 11.5 Å². The van der Waals surface area contributed by atoms with Gasteiger partial charge < -0.3 is 24.6 Å². The summed E-state index contributed by atoms with van der Waals surface area (Å²) in [5.41, 5.74) is 5.35. The van der Waals surface area contributed by atoms with Crippen LogP contribution in [0.1, 0.15) is 88.8 Å². The number of hydrogen-bond acceptors (Lipinski definition) is 4. The van der Waals surface area contributed by atoms with Gasteiger partial charge in [-0.2, -0.15) is 0 Å². The van der Waals surface area contributed by atoms with E-state index in [-0.39, 0.29) is 6.03 Å². The Morgan fingerprint density at radius 3 is 1.94 bits per heavy atom. The number of allylic oxidation sites excluding steroid dienone is 5. The summed E-state index contributed by atoms with van der Waals surface area (Å²) in [7, 11) is 0. The smallest absolute Gasteiger partial charge is 0.322 e. The number of unbranched alkanes of at least 4 members (excludes halogenated alkanes) is 3. The molecule has 0 aliphatic heterocycles. The molecule has 0 atom stereocenters. The predicted octanol–water partition coefficient (Wildman–Crippen LogP) is 10.2. The number of rotatable bonds is 21. The van der Waals surface area contributed by atoms with Gasteiger partial charge in [0, 0.05) is 25.3 Å². The molecule has 1 aliphatic rings. The van der Waals surface area contributed by atoms with Crippen LogP contribution in [0.3, 0.4) is 0 Å². The third kappa shape index (κ3) is 13.6. The van der Waals surface area contributed by atoms with Crippen molar-refractivity contribution in [2.45, 2.75) is 91.9 Å². The Labute approximate surface area is 295 Å². The molecule has 6 nitrogen and oxygen atoms in total. The van der Waals surface area contributed by atoms with Crippen LogP contribution in [-0.2, 0) is 19.8 Å². The fourth-order valence-electron chi connectivity index (χ4n) is 5.72. The van der Waals surface area contributed by atoms with Crippen molar-refractivity contribution in [3.63, 3.8) is 0 Å². The molecule has 4 rings (SSSR count). The fourth-order valence-corrected chi connectivity index (χ4v) is 5.72. The highest BCUT2D eigenvalue weighted by Crippen LogP contribution is 2.31. The SMILES string of the molecule is CCCCC1=CCC=C(NC(=O)N(CCN(CCCC)CCCC)Cc2ccc(OCc3ccccc3)c(OCc3ccccc3)c2)C=C1. The molecular formula is C43H57N3O3. The van der Waals surface area contributed by atoms with Crippen molar-refractivity contribution in [2.75, 3.05) is 26.2 Å². The summed E-state index contributed by atoms with van der Waals surface area (Å²) in [5, 5.41) is 3.23. The number of amides is 2. The first-order chi connectivity index (χ1) is 24.1. The lowest BCUT2D eigenvalue weighted by atomic mass is 10.1. The van der Waals surface area contributed by atoms with Gasteiger partial charge in [-0.05, 0) is 80.1 Å². The number of nitrogens with zero attached hydrogens (tertiary/aromatic N) is 2. The Kier molecular flexibility index (Phi) is 16.6. The molecule has 3 aromatic rings. The zero-order valence-corrected chi connectivity index (χ0v) is 30.0. The van der Waals surface area contributed by atoms with Crippen LogP contribution in [-0.4, -0.2) is 42.0 Å². The van der Waals surface area contributed by atoms with Crippen molar-refractivity contribution in [3.05, 3.63) is 131 Å². The second-order valence-corrected chi connectivity index (χ2v) is 12.8. The fraction of sp³-hybridized carbons (Fsp3) is 0.419. The van der Waals surface area contributed by atoms with Crippen LogP contribution < -0.4 is 14.8 Å². The maximum Gasteiger partial charge on any atom is 0.322 e. The van der Waals surface area contributed by atoms with Gasteiger partial charge in [0.25, 0.3) is 0 Å². The van der Waals surface area contributed by atoms with E-state index in [9.17, 15) is 4.79 Å². The van der Waals surface area contributed by atoms with Gasteiger partial charge in [-0.3, -0.25) is 0 Å². The normalized spacial score (nSPS) is 12.7. The molecule has 3 aromatic carbocycles. The summed E-state index contributed by atoms with van der Waals surface area (Å²) in [5.74, 6) is 1.36. The quantitative estimate of drug-likeness (QED) is 0.123. The predicted molar refractivity (Wildman–Crippen MR) is 203 cm³/mol. The summed E-state index contributed by atoms with van der Waals surface area (Å²) < 4.78 is 12.7. The molecule has 1 aliphatic carbocycles. The van der Waals surface area contributed by atoms with Crippen molar-refractivity contribution >= 4 is 6.03 Å². The Morgan fingerprint density at radius 1 is 0.673 bits per heavy atom. The van der Waals surface area contributed by atoms with Crippen molar-refractivity contribution < 1.29 is 14.3 Å². The maximum atomic E-state index is 14.0. The Balaban J connectivity index is 1.53. The summed E-state index contributed by atoms with van der Waals surface area (Å²) in [6.07, 6.45) is 17.4. The highest BCUT2D eigenvalue weighted by molar-refractivity contribution is 5.77. The minimum atomic E-state index is -0.0880. The standard InChI is InChI=1S/C43H57N3O3/c1-4-7-17-36-22-16-23-40(26-24-36)44-43(47)46(31-30-45(28-8-5-2)29-9-6-3)33-39-25-27-41(48-34-37-18-12-10-13-19-37)42(32-39)49-35-38-20-14-11-15-21-38/h10-15,18-27,32H,4-9,16-17,28-31,33-35H2,1-3H3,(H,44,47). The molecule has 0 radical (unpaired) electrons. The third-order valence-electron chi connectivity index (χ3n) is 8.75. The molecule has 0 saturated heterocycles. The number of ether oxygens (including phenoxy) is 2. The summed E-state index contributed by atoms with van der Waals surface area (Å²) >= 11 is 0. The van der Waals surface area contributed by atoms with Crippen molar-refractivity contribution in [1.29, 1.82) is 0 Å². The molecule has 6 heteroatoms. The molecule has 0 spiro atoms. The van der Waals surface area contributed by atoms with E-state index in [1.54, 1.807) is 0 Å². The molecule has 0 unspecified atom stereocenters. The zero-order valence-electron chi connectivity index (χ0n) is 30.0. The van der Waals surface area contributed by atoms with Crippen molar-refractivity contribution in [1.82, 2.24) is 15.1 Å². The van der Waals surface area contributed by atoms with Crippen LogP contribution in [0.15, 0.2) is 114 Å². The zero-order chi connectivity index (χ0) is 34.5. The summed E-state index contributed by atoms with van der Waals surface area (Å²) in [6.45, 7) is 11.6.